The third kappa shape index (κ3) is 4.03. The minimum atomic E-state index is -0.258. The van der Waals surface area contributed by atoms with Gasteiger partial charge in [-0.15, -0.1) is 0 Å². The average Bonchev–Trinajstić information content (AvgIpc) is 3.50. The van der Waals surface area contributed by atoms with Crippen molar-refractivity contribution in [3.8, 4) is 0 Å². The van der Waals surface area contributed by atoms with E-state index in [1.165, 1.54) is 17.7 Å². The number of aromatic nitrogens is 2. The first-order valence-corrected chi connectivity index (χ1v) is 12.0. The fourth-order valence-corrected chi connectivity index (χ4v) is 5.47. The van der Waals surface area contributed by atoms with Gasteiger partial charge < -0.3 is 10.2 Å². The van der Waals surface area contributed by atoms with Crippen LogP contribution in [0.2, 0.25) is 0 Å². The van der Waals surface area contributed by atoms with Gasteiger partial charge in [-0.3, -0.25) is 24.0 Å². The van der Waals surface area contributed by atoms with E-state index in [2.05, 4.69) is 15.3 Å². The second-order valence-electron chi connectivity index (χ2n) is 9.56. The number of rotatable bonds is 5. The Hall–Kier alpha value is -3.16. The molecule has 3 aliphatic rings. The first kappa shape index (κ1) is 21.7. The van der Waals surface area contributed by atoms with Crippen molar-refractivity contribution in [3.05, 3.63) is 46.8 Å². The van der Waals surface area contributed by atoms with Crippen LogP contribution in [0, 0.1) is 12.8 Å². The summed E-state index contributed by atoms with van der Waals surface area (Å²) in [6.45, 7) is 3.49. The number of hydrogen-bond donors (Lipinski definition) is 1. The van der Waals surface area contributed by atoms with Crippen LogP contribution in [0.5, 0.6) is 0 Å². The molecule has 0 atom stereocenters. The first-order chi connectivity index (χ1) is 15.9. The van der Waals surface area contributed by atoms with E-state index in [-0.39, 0.29) is 30.2 Å². The van der Waals surface area contributed by atoms with E-state index in [0.29, 0.717) is 30.3 Å². The molecule has 174 valence electrons. The zero-order valence-corrected chi connectivity index (χ0v) is 19.3. The van der Waals surface area contributed by atoms with Gasteiger partial charge >= 0.3 is 0 Å². The summed E-state index contributed by atoms with van der Waals surface area (Å²) in [7, 11) is 1.83. The summed E-state index contributed by atoms with van der Waals surface area (Å²) in [6.07, 6.45) is 7.93. The van der Waals surface area contributed by atoms with Gasteiger partial charge in [-0.25, -0.2) is 0 Å². The lowest BCUT2D eigenvalue weighted by molar-refractivity contribution is -0.126. The van der Waals surface area contributed by atoms with Crippen molar-refractivity contribution in [3.63, 3.8) is 0 Å². The molecule has 0 radical (unpaired) electrons. The summed E-state index contributed by atoms with van der Waals surface area (Å²) in [5.74, 6) is -0.328. The van der Waals surface area contributed by atoms with Gasteiger partial charge in [-0.05, 0) is 44.7 Å². The Labute approximate surface area is 193 Å². The maximum atomic E-state index is 13.3. The van der Waals surface area contributed by atoms with E-state index in [0.717, 1.165) is 42.6 Å². The van der Waals surface area contributed by atoms with Crippen molar-refractivity contribution >= 4 is 23.4 Å². The molecule has 0 spiro atoms. The van der Waals surface area contributed by atoms with Gasteiger partial charge in [0.2, 0.25) is 5.91 Å². The Morgan fingerprint density at radius 2 is 1.82 bits per heavy atom. The van der Waals surface area contributed by atoms with Crippen LogP contribution in [0.15, 0.2) is 24.4 Å². The second-order valence-corrected chi connectivity index (χ2v) is 9.56. The summed E-state index contributed by atoms with van der Waals surface area (Å²) in [4.78, 5) is 42.6. The Balaban J connectivity index is 1.29. The molecule has 8 heteroatoms. The molecule has 2 aromatic rings. The maximum absolute atomic E-state index is 13.3. The topological polar surface area (TPSA) is 87.5 Å². The van der Waals surface area contributed by atoms with Crippen LogP contribution in [-0.2, 0) is 18.4 Å². The van der Waals surface area contributed by atoms with Crippen molar-refractivity contribution in [1.82, 2.24) is 20.0 Å². The molecular formula is C25H31N5O3. The highest BCUT2D eigenvalue weighted by molar-refractivity contribution is 6.23. The number of nitrogens with zero attached hydrogens (tertiary/aromatic N) is 4. The van der Waals surface area contributed by atoms with Crippen LogP contribution in [0.3, 0.4) is 0 Å². The highest BCUT2D eigenvalue weighted by atomic mass is 16.2. The molecule has 2 fully saturated rings. The van der Waals surface area contributed by atoms with Crippen molar-refractivity contribution in [2.45, 2.75) is 58.0 Å². The van der Waals surface area contributed by atoms with E-state index in [1.807, 2.05) is 32.3 Å². The summed E-state index contributed by atoms with van der Waals surface area (Å²) >= 11 is 0. The molecule has 5 rings (SSSR count). The SMILES string of the molecule is Cc1nn(C)cc1CN1C(=O)c2cccc(N3CCC(C(=O)NC4CCCC4)CC3)c2C1=O. The third-order valence-corrected chi connectivity index (χ3v) is 7.33. The molecule has 1 aromatic carbocycles. The van der Waals surface area contributed by atoms with Crippen molar-refractivity contribution in [2.75, 3.05) is 18.0 Å². The molecule has 1 N–H and O–H groups in total. The minimum Gasteiger partial charge on any atom is -0.371 e. The van der Waals surface area contributed by atoms with Gasteiger partial charge in [-0.1, -0.05) is 18.9 Å². The highest BCUT2D eigenvalue weighted by Crippen LogP contribution is 2.35. The predicted molar refractivity (Wildman–Crippen MR) is 124 cm³/mol. The molecule has 1 saturated carbocycles. The molecule has 1 aromatic heterocycles. The number of piperidine rings is 1. The van der Waals surface area contributed by atoms with E-state index < -0.39 is 0 Å². The molecule has 3 heterocycles. The van der Waals surface area contributed by atoms with Crippen molar-refractivity contribution in [1.29, 1.82) is 0 Å². The number of hydrogen-bond acceptors (Lipinski definition) is 5. The number of aryl methyl sites for hydroxylation is 2. The van der Waals surface area contributed by atoms with E-state index in [9.17, 15) is 14.4 Å². The van der Waals surface area contributed by atoms with Gasteiger partial charge in [0.15, 0.2) is 0 Å². The van der Waals surface area contributed by atoms with Crippen molar-refractivity contribution in [2.24, 2.45) is 13.0 Å². The first-order valence-electron chi connectivity index (χ1n) is 12.0. The molecule has 1 aliphatic carbocycles. The number of carbonyl (C=O) groups excluding carboxylic acids is 3. The smallest absolute Gasteiger partial charge is 0.263 e. The van der Waals surface area contributed by atoms with Crippen LogP contribution in [0.4, 0.5) is 5.69 Å². The van der Waals surface area contributed by atoms with E-state index in [4.69, 9.17) is 0 Å². The van der Waals surface area contributed by atoms with Gasteiger partial charge in [0.05, 0.1) is 29.1 Å². The van der Waals surface area contributed by atoms with Gasteiger partial charge in [0.1, 0.15) is 0 Å². The molecule has 8 nitrogen and oxygen atoms in total. The predicted octanol–water partition coefficient (Wildman–Crippen LogP) is 2.80. The quantitative estimate of drug-likeness (QED) is 0.710. The normalized spacial score (nSPS) is 19.5. The van der Waals surface area contributed by atoms with Crippen LogP contribution in [0.1, 0.15) is 70.5 Å². The molecule has 1 saturated heterocycles. The summed E-state index contributed by atoms with van der Waals surface area (Å²) in [6, 6.07) is 5.83. The van der Waals surface area contributed by atoms with Crippen LogP contribution in [-0.4, -0.2) is 51.5 Å². The fraction of sp³-hybridized carbons (Fsp3) is 0.520. The zero-order valence-electron chi connectivity index (χ0n) is 19.3. The van der Waals surface area contributed by atoms with E-state index in [1.54, 1.807) is 10.7 Å². The lowest BCUT2D eigenvalue weighted by Gasteiger charge is -2.34. The molecule has 0 unspecified atom stereocenters. The largest absolute Gasteiger partial charge is 0.371 e. The lowest BCUT2D eigenvalue weighted by Crippen LogP contribution is -2.43. The van der Waals surface area contributed by atoms with Crippen LogP contribution >= 0.6 is 0 Å². The standard InChI is InChI=1S/C25H31N5O3/c1-16-18(14-28(2)27-16)15-30-24(32)20-8-5-9-21(22(20)25(30)33)29-12-10-17(11-13-29)23(31)26-19-6-3-4-7-19/h5,8-9,14,17,19H,3-4,6-7,10-13,15H2,1-2H3,(H,26,31). The summed E-state index contributed by atoms with van der Waals surface area (Å²) < 4.78 is 1.70. The summed E-state index contributed by atoms with van der Waals surface area (Å²) in [5.41, 5.74) is 3.42. The van der Waals surface area contributed by atoms with Crippen LogP contribution in [0.25, 0.3) is 0 Å². The number of nitrogens with one attached hydrogen (secondary N) is 1. The number of amides is 3. The zero-order chi connectivity index (χ0) is 23.1. The van der Waals surface area contributed by atoms with Gasteiger partial charge in [-0.2, -0.15) is 5.10 Å². The van der Waals surface area contributed by atoms with Gasteiger partial charge in [0.25, 0.3) is 11.8 Å². The molecule has 33 heavy (non-hydrogen) atoms. The lowest BCUT2D eigenvalue weighted by atomic mass is 9.94. The second kappa shape index (κ2) is 8.65. The third-order valence-electron chi connectivity index (χ3n) is 7.33. The van der Waals surface area contributed by atoms with Crippen molar-refractivity contribution < 1.29 is 14.4 Å². The number of imide groups is 1. The minimum absolute atomic E-state index is 0.0148. The van der Waals surface area contributed by atoms with Crippen LogP contribution < -0.4 is 10.2 Å². The number of benzene rings is 1. The Morgan fingerprint density at radius 1 is 1.09 bits per heavy atom. The van der Waals surface area contributed by atoms with Gasteiger partial charge in [0, 0.05) is 43.9 Å². The maximum Gasteiger partial charge on any atom is 0.263 e. The monoisotopic (exact) mass is 449 g/mol. The number of anilines is 1. The average molecular weight is 450 g/mol. The Bertz CT molecular complexity index is 1090. The summed E-state index contributed by atoms with van der Waals surface area (Å²) in [5, 5.41) is 7.55. The highest BCUT2D eigenvalue weighted by Gasteiger charge is 2.39. The molecular weight excluding hydrogens is 418 g/mol. The molecule has 3 amide bonds. The molecule has 0 bridgehead atoms. The number of fused-ring (bicyclic) bond motifs is 1. The Kier molecular flexibility index (Phi) is 5.68. The fourth-order valence-electron chi connectivity index (χ4n) is 5.47. The molecule has 2 aliphatic heterocycles. The Morgan fingerprint density at radius 3 is 2.48 bits per heavy atom. The number of carbonyl (C=O) groups is 3. The van der Waals surface area contributed by atoms with E-state index >= 15 is 0 Å².